The van der Waals surface area contributed by atoms with E-state index in [2.05, 4.69) is 21.2 Å². The molecule has 1 aliphatic carbocycles. The third-order valence-electron chi connectivity index (χ3n) is 1.88. The van der Waals surface area contributed by atoms with Crippen LogP contribution in [0.15, 0.2) is 0 Å². The van der Waals surface area contributed by atoms with Crippen molar-refractivity contribution in [1.82, 2.24) is 5.32 Å². The van der Waals surface area contributed by atoms with Gasteiger partial charge in [-0.3, -0.25) is 4.79 Å². The Balaban J connectivity index is 2.24. The maximum absolute atomic E-state index is 11.0. The summed E-state index contributed by atoms with van der Waals surface area (Å²) in [4.78, 5) is 11.0. The second-order valence-corrected chi connectivity index (χ2v) is 3.72. The molecule has 1 aliphatic rings. The molecular weight excluding hydrogens is 210 g/mol. The van der Waals surface area contributed by atoms with Crippen molar-refractivity contribution >= 4 is 21.8 Å². The summed E-state index contributed by atoms with van der Waals surface area (Å²) in [6.45, 7) is 0.0705. The summed E-state index contributed by atoms with van der Waals surface area (Å²) in [5, 5.41) is 12.3. The zero-order valence-electron chi connectivity index (χ0n) is 6.27. The molecule has 0 atom stereocenters. The number of hydrogen-bond donors (Lipinski definition) is 2. The van der Waals surface area contributed by atoms with Crippen LogP contribution >= 0.6 is 15.9 Å². The predicted octanol–water partition coefficient (Wildman–Crippen LogP) is 0.412. The molecule has 64 valence electrons. The van der Waals surface area contributed by atoms with Crippen molar-refractivity contribution in [2.75, 3.05) is 11.9 Å². The lowest BCUT2D eigenvalue weighted by Crippen LogP contribution is -2.39. The summed E-state index contributed by atoms with van der Waals surface area (Å²) in [5.41, 5.74) is -0.251. The van der Waals surface area contributed by atoms with E-state index in [-0.39, 0.29) is 18.1 Å². The zero-order valence-corrected chi connectivity index (χ0v) is 7.85. The van der Waals surface area contributed by atoms with Gasteiger partial charge in [-0.2, -0.15) is 0 Å². The van der Waals surface area contributed by atoms with Crippen molar-refractivity contribution in [2.24, 2.45) is 0 Å². The lowest BCUT2D eigenvalue weighted by Gasteiger charge is -2.13. The van der Waals surface area contributed by atoms with Crippen LogP contribution in [0.25, 0.3) is 0 Å². The number of nitrogens with one attached hydrogen (secondary N) is 1. The average Bonchev–Trinajstić information content (AvgIpc) is 2.70. The van der Waals surface area contributed by atoms with E-state index >= 15 is 0 Å². The van der Waals surface area contributed by atoms with Gasteiger partial charge in [0.1, 0.15) is 0 Å². The highest BCUT2D eigenvalue weighted by Crippen LogP contribution is 2.34. The number of aliphatic hydroxyl groups is 1. The number of amides is 1. The first-order valence-corrected chi connectivity index (χ1v) is 4.82. The topological polar surface area (TPSA) is 49.3 Å². The van der Waals surface area contributed by atoms with Gasteiger partial charge in [-0.15, -0.1) is 0 Å². The van der Waals surface area contributed by atoms with Gasteiger partial charge in [-0.25, -0.2) is 0 Å². The fourth-order valence-corrected chi connectivity index (χ4v) is 1.28. The molecule has 0 bridgehead atoms. The van der Waals surface area contributed by atoms with Crippen LogP contribution in [0.4, 0.5) is 0 Å². The highest BCUT2D eigenvalue weighted by Gasteiger charge is 2.43. The van der Waals surface area contributed by atoms with E-state index in [4.69, 9.17) is 5.11 Å². The van der Waals surface area contributed by atoms with E-state index in [1.807, 2.05) is 0 Å². The lowest BCUT2D eigenvalue weighted by molar-refractivity contribution is -0.121. The second kappa shape index (κ2) is 3.54. The Morgan fingerprint density at radius 1 is 1.64 bits per heavy atom. The third-order valence-corrected chi connectivity index (χ3v) is 2.28. The molecule has 4 heteroatoms. The first-order chi connectivity index (χ1) is 5.22. The number of aliphatic hydroxyl groups excluding tert-OH is 1. The maximum Gasteiger partial charge on any atom is 0.221 e. The van der Waals surface area contributed by atoms with E-state index in [0.29, 0.717) is 11.8 Å². The number of hydrogen-bond acceptors (Lipinski definition) is 2. The summed E-state index contributed by atoms with van der Waals surface area (Å²) in [6, 6.07) is 0. The Morgan fingerprint density at radius 2 is 2.27 bits per heavy atom. The van der Waals surface area contributed by atoms with Crippen molar-refractivity contribution < 1.29 is 9.90 Å². The Bertz CT molecular complexity index is 157. The molecule has 1 fully saturated rings. The van der Waals surface area contributed by atoms with Gasteiger partial charge >= 0.3 is 0 Å². The van der Waals surface area contributed by atoms with E-state index < -0.39 is 0 Å². The smallest absolute Gasteiger partial charge is 0.221 e. The minimum absolute atomic E-state index is 0.0217. The maximum atomic E-state index is 11.0. The summed E-state index contributed by atoms with van der Waals surface area (Å²) >= 11 is 3.18. The van der Waals surface area contributed by atoms with Crippen molar-refractivity contribution in [3.63, 3.8) is 0 Å². The molecule has 11 heavy (non-hydrogen) atoms. The minimum atomic E-state index is -0.251. The molecule has 1 rings (SSSR count). The molecule has 1 saturated carbocycles. The number of rotatable bonds is 4. The Morgan fingerprint density at radius 3 is 2.64 bits per heavy atom. The van der Waals surface area contributed by atoms with Crippen molar-refractivity contribution in [3.05, 3.63) is 0 Å². The van der Waals surface area contributed by atoms with Gasteiger partial charge in [0.2, 0.25) is 5.91 Å². The van der Waals surface area contributed by atoms with Crippen molar-refractivity contribution in [2.45, 2.75) is 24.8 Å². The number of alkyl halides is 1. The van der Waals surface area contributed by atoms with Gasteiger partial charge in [0, 0.05) is 11.8 Å². The molecule has 2 N–H and O–H groups in total. The summed E-state index contributed by atoms with van der Waals surface area (Å²) in [5.74, 6) is 0.0217. The Labute approximate surface area is 74.3 Å². The quantitative estimate of drug-likeness (QED) is 0.677. The van der Waals surface area contributed by atoms with Crippen LogP contribution in [-0.2, 0) is 4.79 Å². The van der Waals surface area contributed by atoms with Crippen LogP contribution < -0.4 is 5.32 Å². The van der Waals surface area contributed by atoms with Gasteiger partial charge in [-0.05, 0) is 12.8 Å². The molecule has 0 unspecified atom stereocenters. The van der Waals surface area contributed by atoms with E-state index in [1.165, 1.54) is 0 Å². The van der Waals surface area contributed by atoms with Crippen LogP contribution in [0.5, 0.6) is 0 Å². The van der Waals surface area contributed by atoms with Gasteiger partial charge in [0.15, 0.2) is 0 Å². The predicted molar refractivity (Wildman–Crippen MR) is 45.6 cm³/mol. The fraction of sp³-hybridized carbons (Fsp3) is 0.857. The second-order valence-electron chi connectivity index (χ2n) is 2.93. The molecule has 0 aromatic carbocycles. The monoisotopic (exact) mass is 221 g/mol. The van der Waals surface area contributed by atoms with Crippen molar-refractivity contribution in [1.29, 1.82) is 0 Å². The number of carbonyl (C=O) groups is 1. The van der Waals surface area contributed by atoms with Gasteiger partial charge in [-0.1, -0.05) is 15.9 Å². The van der Waals surface area contributed by atoms with Gasteiger partial charge < -0.3 is 10.4 Å². The molecule has 1 amide bonds. The lowest BCUT2D eigenvalue weighted by atomic mass is 10.3. The van der Waals surface area contributed by atoms with Crippen LogP contribution in [0, 0.1) is 0 Å². The van der Waals surface area contributed by atoms with E-state index in [9.17, 15) is 4.79 Å². The molecular formula is C7H12BrNO2. The minimum Gasteiger partial charge on any atom is -0.394 e. The highest BCUT2D eigenvalue weighted by atomic mass is 79.9. The van der Waals surface area contributed by atoms with Gasteiger partial charge in [0.05, 0.1) is 12.1 Å². The molecule has 0 heterocycles. The molecule has 0 aromatic rings. The number of carbonyl (C=O) groups excluding carboxylic acids is 1. The van der Waals surface area contributed by atoms with Crippen LogP contribution in [0.3, 0.4) is 0 Å². The Kier molecular flexibility index (Phi) is 2.90. The molecule has 0 saturated heterocycles. The molecule has 0 radical (unpaired) electrons. The first-order valence-electron chi connectivity index (χ1n) is 3.70. The summed E-state index contributed by atoms with van der Waals surface area (Å²) in [7, 11) is 0. The average molecular weight is 222 g/mol. The molecule has 3 nitrogen and oxygen atoms in total. The largest absolute Gasteiger partial charge is 0.394 e. The molecule has 0 aromatic heterocycles. The fourth-order valence-electron chi connectivity index (χ4n) is 0.918. The van der Waals surface area contributed by atoms with E-state index in [0.717, 1.165) is 12.8 Å². The van der Waals surface area contributed by atoms with E-state index in [1.54, 1.807) is 0 Å². The number of halogens is 1. The van der Waals surface area contributed by atoms with Crippen LogP contribution in [0.2, 0.25) is 0 Å². The van der Waals surface area contributed by atoms with Crippen LogP contribution in [-0.4, -0.2) is 28.5 Å². The first kappa shape index (κ1) is 9.00. The zero-order chi connectivity index (χ0) is 8.32. The van der Waals surface area contributed by atoms with Crippen molar-refractivity contribution in [3.8, 4) is 0 Å². The molecule has 0 aliphatic heterocycles. The van der Waals surface area contributed by atoms with Gasteiger partial charge in [0.25, 0.3) is 0 Å². The normalized spacial score (nSPS) is 19.5. The highest BCUT2D eigenvalue weighted by molar-refractivity contribution is 9.09. The summed E-state index contributed by atoms with van der Waals surface area (Å²) < 4.78 is 0. The summed E-state index contributed by atoms with van der Waals surface area (Å²) in [6.07, 6.45) is 2.32. The Hall–Kier alpha value is -0.0900. The standard InChI is InChI=1S/C7H12BrNO2/c8-4-1-6(11)9-7(5-10)2-3-7/h10H,1-5H2,(H,9,11). The molecule has 0 spiro atoms. The third kappa shape index (κ3) is 2.45. The SMILES string of the molecule is O=C(CCBr)NC1(CO)CC1. The van der Waals surface area contributed by atoms with Crippen LogP contribution in [0.1, 0.15) is 19.3 Å².